The van der Waals surface area contributed by atoms with Gasteiger partial charge in [-0.1, -0.05) is 19.1 Å². The molecule has 0 bridgehead atoms. The second-order valence-electron chi connectivity index (χ2n) is 5.34. The summed E-state index contributed by atoms with van der Waals surface area (Å²) >= 11 is 0. The number of benzene rings is 1. The number of aliphatic carboxylic acids is 1. The van der Waals surface area contributed by atoms with Crippen LogP contribution in [-0.2, 0) is 30.6 Å². The lowest BCUT2D eigenvalue weighted by molar-refractivity contribution is -0.137. The highest BCUT2D eigenvalue weighted by molar-refractivity contribution is 5.66. The molecule has 1 aromatic carbocycles. The maximum absolute atomic E-state index is 12.9. The van der Waals surface area contributed by atoms with Gasteiger partial charge in [0, 0.05) is 18.2 Å². The largest absolute Gasteiger partial charge is 0.480 e. The molecule has 1 N–H and O–H groups in total. The molecule has 1 aromatic heterocycles. The number of carboxylic acid groups (broad SMARTS) is 1. The Kier molecular flexibility index (Phi) is 5.62. The van der Waals surface area contributed by atoms with Gasteiger partial charge in [-0.25, -0.2) is 4.39 Å². The van der Waals surface area contributed by atoms with Crippen molar-refractivity contribution in [2.24, 2.45) is 0 Å². The Morgan fingerprint density at radius 3 is 2.57 bits per heavy atom. The van der Waals surface area contributed by atoms with Crippen LogP contribution in [0.1, 0.15) is 30.3 Å². The van der Waals surface area contributed by atoms with Gasteiger partial charge >= 0.3 is 5.97 Å². The van der Waals surface area contributed by atoms with Crippen LogP contribution in [0.25, 0.3) is 0 Å². The summed E-state index contributed by atoms with van der Waals surface area (Å²) in [6, 6.07) is 6.24. The fourth-order valence-electron chi connectivity index (χ4n) is 2.40. The van der Waals surface area contributed by atoms with E-state index in [9.17, 15) is 14.0 Å². The van der Waals surface area contributed by atoms with Crippen LogP contribution < -0.4 is 5.56 Å². The third-order valence-electron chi connectivity index (χ3n) is 3.61. The zero-order valence-corrected chi connectivity index (χ0v) is 13.0. The third-order valence-corrected chi connectivity index (χ3v) is 3.61. The van der Waals surface area contributed by atoms with Crippen LogP contribution in [0.15, 0.2) is 35.3 Å². The Balaban J connectivity index is 2.11. The topological polar surface area (TPSA) is 72.2 Å². The molecule has 122 valence electrons. The first-order valence-electron chi connectivity index (χ1n) is 7.55. The summed E-state index contributed by atoms with van der Waals surface area (Å²) in [4.78, 5) is 26.9. The number of aromatic nitrogens is 2. The maximum atomic E-state index is 12.9. The number of carboxylic acids is 1. The SMILES string of the molecule is CCc1cn(CC(=O)O)c(CCCc2ccc(F)cc2)nc1=O. The third kappa shape index (κ3) is 4.74. The molecule has 1 heterocycles. The molecule has 2 rings (SSSR count). The molecular formula is C17H19FN2O3. The van der Waals surface area contributed by atoms with E-state index in [1.807, 2.05) is 6.92 Å². The minimum absolute atomic E-state index is 0.216. The summed E-state index contributed by atoms with van der Waals surface area (Å²) in [7, 11) is 0. The van der Waals surface area contributed by atoms with Gasteiger partial charge in [-0.3, -0.25) is 9.59 Å². The van der Waals surface area contributed by atoms with Gasteiger partial charge in [0.2, 0.25) is 0 Å². The van der Waals surface area contributed by atoms with Crippen molar-refractivity contribution in [3.05, 3.63) is 63.6 Å². The average molecular weight is 318 g/mol. The first-order chi connectivity index (χ1) is 11.0. The van der Waals surface area contributed by atoms with Gasteiger partial charge in [0.1, 0.15) is 18.2 Å². The molecule has 0 aliphatic rings. The van der Waals surface area contributed by atoms with Crippen molar-refractivity contribution in [2.45, 2.75) is 39.2 Å². The number of hydrogen-bond acceptors (Lipinski definition) is 3. The molecule has 0 aliphatic carbocycles. The second-order valence-corrected chi connectivity index (χ2v) is 5.34. The number of carbonyl (C=O) groups is 1. The number of rotatable bonds is 7. The molecule has 0 saturated heterocycles. The summed E-state index contributed by atoms with van der Waals surface area (Å²) in [5.74, 6) is -0.783. The van der Waals surface area contributed by atoms with E-state index in [1.165, 1.54) is 16.7 Å². The highest BCUT2D eigenvalue weighted by Crippen LogP contribution is 2.09. The number of halogens is 1. The van der Waals surface area contributed by atoms with Crippen LogP contribution in [0.4, 0.5) is 4.39 Å². The molecule has 0 spiro atoms. The molecule has 0 amide bonds. The number of hydrogen-bond donors (Lipinski definition) is 1. The Morgan fingerprint density at radius 2 is 1.96 bits per heavy atom. The van der Waals surface area contributed by atoms with E-state index < -0.39 is 5.97 Å². The quantitative estimate of drug-likeness (QED) is 0.849. The lowest BCUT2D eigenvalue weighted by Gasteiger charge is -2.12. The predicted molar refractivity (Wildman–Crippen MR) is 83.9 cm³/mol. The van der Waals surface area contributed by atoms with Crippen molar-refractivity contribution < 1.29 is 14.3 Å². The van der Waals surface area contributed by atoms with Gasteiger partial charge in [0.05, 0.1) is 0 Å². The standard InChI is InChI=1S/C17H19FN2O3/c1-2-13-10-20(11-16(21)22)15(19-17(13)23)5-3-4-12-6-8-14(18)9-7-12/h6-10H,2-5,11H2,1H3,(H,21,22). The van der Waals surface area contributed by atoms with E-state index in [0.29, 0.717) is 37.1 Å². The van der Waals surface area contributed by atoms with Gasteiger partial charge in [-0.2, -0.15) is 4.98 Å². The summed E-state index contributed by atoms with van der Waals surface area (Å²) in [6.45, 7) is 1.61. The molecule has 0 fully saturated rings. The minimum atomic E-state index is -0.975. The van der Waals surface area contributed by atoms with Crippen LogP contribution in [0, 0.1) is 5.82 Å². The zero-order valence-electron chi connectivity index (χ0n) is 13.0. The van der Waals surface area contributed by atoms with E-state index in [-0.39, 0.29) is 17.9 Å². The molecule has 23 heavy (non-hydrogen) atoms. The second kappa shape index (κ2) is 7.67. The summed E-state index contributed by atoms with van der Waals surface area (Å²) < 4.78 is 14.4. The Hall–Kier alpha value is -2.50. The van der Waals surface area contributed by atoms with Crippen molar-refractivity contribution in [3.8, 4) is 0 Å². The normalized spacial score (nSPS) is 10.7. The average Bonchev–Trinajstić information content (AvgIpc) is 2.51. The summed E-state index contributed by atoms with van der Waals surface area (Å²) in [6.07, 6.45) is 3.99. The van der Waals surface area contributed by atoms with Gasteiger partial charge in [-0.05, 0) is 37.0 Å². The summed E-state index contributed by atoms with van der Waals surface area (Å²) in [5.41, 5.74) is 1.20. The predicted octanol–water partition coefficient (Wildman–Crippen LogP) is 2.20. The highest BCUT2D eigenvalue weighted by atomic mass is 19.1. The van der Waals surface area contributed by atoms with Crippen molar-refractivity contribution in [3.63, 3.8) is 0 Å². The van der Waals surface area contributed by atoms with Crippen molar-refractivity contribution in [2.75, 3.05) is 0 Å². The smallest absolute Gasteiger partial charge is 0.323 e. The zero-order chi connectivity index (χ0) is 16.8. The first kappa shape index (κ1) is 16.9. The van der Waals surface area contributed by atoms with E-state index in [1.54, 1.807) is 18.3 Å². The lowest BCUT2D eigenvalue weighted by Crippen LogP contribution is -2.23. The number of nitrogens with zero attached hydrogens (tertiary/aromatic N) is 2. The molecule has 0 unspecified atom stereocenters. The van der Waals surface area contributed by atoms with E-state index >= 15 is 0 Å². The molecule has 5 nitrogen and oxygen atoms in total. The van der Waals surface area contributed by atoms with Gasteiger partial charge in [0.25, 0.3) is 5.56 Å². The number of aryl methyl sites for hydroxylation is 3. The fourth-order valence-corrected chi connectivity index (χ4v) is 2.40. The van der Waals surface area contributed by atoms with E-state index in [2.05, 4.69) is 4.98 Å². The molecule has 0 atom stereocenters. The van der Waals surface area contributed by atoms with E-state index in [0.717, 1.165) is 5.56 Å². The Bertz CT molecular complexity index is 738. The van der Waals surface area contributed by atoms with Crippen molar-refractivity contribution in [1.82, 2.24) is 9.55 Å². The first-order valence-corrected chi connectivity index (χ1v) is 7.55. The fraction of sp³-hybridized carbons (Fsp3) is 0.353. The molecule has 0 radical (unpaired) electrons. The Morgan fingerprint density at radius 1 is 1.26 bits per heavy atom. The van der Waals surface area contributed by atoms with Crippen LogP contribution in [0.5, 0.6) is 0 Å². The highest BCUT2D eigenvalue weighted by Gasteiger charge is 2.10. The molecule has 0 saturated carbocycles. The van der Waals surface area contributed by atoms with Crippen LogP contribution >= 0.6 is 0 Å². The van der Waals surface area contributed by atoms with Gasteiger partial charge in [-0.15, -0.1) is 0 Å². The maximum Gasteiger partial charge on any atom is 0.323 e. The molecule has 2 aromatic rings. The van der Waals surface area contributed by atoms with Gasteiger partial charge in [0.15, 0.2) is 0 Å². The molecule has 6 heteroatoms. The van der Waals surface area contributed by atoms with Crippen molar-refractivity contribution in [1.29, 1.82) is 0 Å². The molecular weight excluding hydrogens is 299 g/mol. The van der Waals surface area contributed by atoms with Crippen LogP contribution in [-0.4, -0.2) is 20.6 Å². The summed E-state index contributed by atoms with van der Waals surface area (Å²) in [5, 5.41) is 8.99. The Labute approximate surface area is 133 Å². The minimum Gasteiger partial charge on any atom is -0.480 e. The van der Waals surface area contributed by atoms with Crippen LogP contribution in [0.2, 0.25) is 0 Å². The molecule has 0 aliphatic heterocycles. The van der Waals surface area contributed by atoms with Crippen molar-refractivity contribution >= 4 is 5.97 Å². The monoisotopic (exact) mass is 318 g/mol. The van der Waals surface area contributed by atoms with E-state index in [4.69, 9.17) is 5.11 Å². The lowest BCUT2D eigenvalue weighted by atomic mass is 10.1. The van der Waals surface area contributed by atoms with Gasteiger partial charge < -0.3 is 9.67 Å². The van der Waals surface area contributed by atoms with Crippen LogP contribution in [0.3, 0.4) is 0 Å².